The predicted molar refractivity (Wildman–Crippen MR) is 130 cm³/mol. The van der Waals surface area contributed by atoms with Crippen LogP contribution in [0.25, 0.3) is 10.9 Å². The van der Waals surface area contributed by atoms with Crippen molar-refractivity contribution >= 4 is 22.4 Å². The Hall–Kier alpha value is -3.26. The normalized spacial score (nSPS) is 16.8. The maximum atomic E-state index is 6.08. The van der Waals surface area contributed by atoms with Crippen molar-refractivity contribution in [3.63, 3.8) is 0 Å². The number of rotatable bonds is 8. The van der Waals surface area contributed by atoms with E-state index in [2.05, 4.69) is 55.2 Å². The molecule has 1 aromatic carbocycles. The van der Waals surface area contributed by atoms with Gasteiger partial charge < -0.3 is 19.4 Å². The number of benzene rings is 1. The van der Waals surface area contributed by atoms with Crippen LogP contribution < -0.4 is 5.32 Å². The number of hydrogen-bond donors (Lipinski definition) is 1. The molecule has 1 atom stereocenters. The molecule has 1 N–H and O–H groups in total. The maximum absolute atomic E-state index is 6.08. The molecule has 0 spiro atoms. The quantitative estimate of drug-likeness (QED) is 0.436. The first kappa shape index (κ1) is 21.6. The zero-order chi connectivity index (χ0) is 22.5. The van der Waals surface area contributed by atoms with Crippen LogP contribution in [-0.2, 0) is 22.6 Å². The summed E-state index contributed by atoms with van der Waals surface area (Å²) in [7, 11) is 1.75. The Morgan fingerprint density at radius 2 is 2.00 bits per heavy atom. The lowest BCUT2D eigenvalue weighted by atomic mass is 10.1. The summed E-state index contributed by atoms with van der Waals surface area (Å²) in [6.45, 7) is 4.87. The summed E-state index contributed by atoms with van der Waals surface area (Å²) in [5, 5.41) is 4.58. The van der Waals surface area contributed by atoms with Crippen LogP contribution in [0.4, 0.5) is 11.5 Å². The first-order chi connectivity index (χ1) is 16.3. The van der Waals surface area contributed by atoms with Crippen LogP contribution in [0.1, 0.15) is 17.4 Å². The second kappa shape index (κ2) is 10.1. The molecular formula is C26H29N5O2. The predicted octanol–water partition coefficient (Wildman–Crippen LogP) is 4.39. The Morgan fingerprint density at radius 3 is 2.82 bits per heavy atom. The zero-order valence-electron chi connectivity index (χ0n) is 18.9. The van der Waals surface area contributed by atoms with Crippen molar-refractivity contribution in [3.8, 4) is 0 Å². The van der Waals surface area contributed by atoms with E-state index in [9.17, 15) is 0 Å². The molecule has 5 rings (SSSR count). The molecule has 0 saturated carbocycles. The molecule has 3 aromatic heterocycles. The third-order valence-electron chi connectivity index (χ3n) is 6.01. The number of nitrogens with zero attached hydrogens (tertiary/aromatic N) is 4. The van der Waals surface area contributed by atoms with E-state index >= 15 is 0 Å². The average molecular weight is 444 g/mol. The minimum absolute atomic E-state index is 0.0375. The van der Waals surface area contributed by atoms with E-state index < -0.39 is 0 Å². The van der Waals surface area contributed by atoms with Gasteiger partial charge in [0.05, 0.1) is 30.8 Å². The molecule has 1 fully saturated rings. The zero-order valence-corrected chi connectivity index (χ0v) is 18.9. The molecule has 4 aromatic rings. The number of aromatic nitrogens is 3. The molecule has 7 heteroatoms. The summed E-state index contributed by atoms with van der Waals surface area (Å²) in [6, 6.07) is 18.5. The molecule has 170 valence electrons. The Labute approximate surface area is 194 Å². The summed E-state index contributed by atoms with van der Waals surface area (Å²) in [5.74, 6) is 0.803. The van der Waals surface area contributed by atoms with Crippen molar-refractivity contribution < 1.29 is 9.47 Å². The van der Waals surface area contributed by atoms with Gasteiger partial charge in [-0.3, -0.25) is 9.88 Å². The van der Waals surface area contributed by atoms with E-state index in [1.54, 1.807) is 13.3 Å². The van der Waals surface area contributed by atoms with E-state index in [-0.39, 0.29) is 6.10 Å². The summed E-state index contributed by atoms with van der Waals surface area (Å²) in [4.78, 5) is 11.4. The van der Waals surface area contributed by atoms with Gasteiger partial charge in [0.15, 0.2) is 0 Å². The fourth-order valence-corrected chi connectivity index (χ4v) is 4.34. The van der Waals surface area contributed by atoms with Crippen LogP contribution in [0, 0.1) is 0 Å². The highest BCUT2D eigenvalue weighted by Gasteiger charge is 2.24. The molecule has 1 aliphatic rings. The molecule has 0 aliphatic carbocycles. The van der Waals surface area contributed by atoms with Gasteiger partial charge in [-0.25, -0.2) is 4.98 Å². The highest BCUT2D eigenvalue weighted by atomic mass is 16.5. The molecule has 0 bridgehead atoms. The van der Waals surface area contributed by atoms with E-state index in [0.717, 1.165) is 43.4 Å². The molecule has 33 heavy (non-hydrogen) atoms. The molecule has 1 aliphatic heterocycles. The van der Waals surface area contributed by atoms with Gasteiger partial charge in [-0.05, 0) is 35.9 Å². The molecule has 7 nitrogen and oxygen atoms in total. The van der Waals surface area contributed by atoms with Gasteiger partial charge in [-0.2, -0.15) is 0 Å². The van der Waals surface area contributed by atoms with Gasteiger partial charge in [-0.15, -0.1) is 0 Å². The van der Waals surface area contributed by atoms with Gasteiger partial charge in [0.25, 0.3) is 0 Å². The lowest BCUT2D eigenvalue weighted by Crippen LogP contribution is -2.38. The Bertz CT molecular complexity index is 1180. The summed E-state index contributed by atoms with van der Waals surface area (Å²) < 4.78 is 13.7. The van der Waals surface area contributed by atoms with Crippen LogP contribution in [0.5, 0.6) is 0 Å². The molecule has 0 unspecified atom stereocenters. The van der Waals surface area contributed by atoms with Crippen LogP contribution in [0.15, 0.2) is 73.2 Å². The van der Waals surface area contributed by atoms with Crippen molar-refractivity contribution in [1.82, 2.24) is 19.4 Å². The van der Waals surface area contributed by atoms with E-state index in [1.807, 2.05) is 36.5 Å². The van der Waals surface area contributed by atoms with Crippen molar-refractivity contribution in [1.29, 1.82) is 0 Å². The number of para-hydroxylation sites is 1. The van der Waals surface area contributed by atoms with Gasteiger partial charge in [0.1, 0.15) is 11.9 Å². The van der Waals surface area contributed by atoms with Crippen LogP contribution >= 0.6 is 0 Å². The lowest BCUT2D eigenvalue weighted by molar-refractivity contribution is -0.0348. The van der Waals surface area contributed by atoms with E-state index in [1.165, 1.54) is 16.5 Å². The number of pyridine rings is 2. The SMILES string of the molecule is COCCn1cc(CN2CCO[C@@H](c3ccc(Nc4ccccn4)cn3)C2)c2ccccc21. The standard InChI is InChI=1S/C26H29N5O2/c1-32-14-13-31-18-20(22-6-2-3-7-24(22)31)17-30-12-15-33-25(19-30)23-10-9-21(16-28-23)29-26-8-4-5-11-27-26/h2-11,16,18,25H,12-15,17,19H2,1H3,(H,27,29)/t25-/m1/s1. The second-order valence-electron chi connectivity index (χ2n) is 8.26. The summed E-state index contributed by atoms with van der Waals surface area (Å²) in [5.41, 5.74) is 4.46. The summed E-state index contributed by atoms with van der Waals surface area (Å²) >= 11 is 0. The minimum Gasteiger partial charge on any atom is -0.383 e. The Kier molecular flexibility index (Phi) is 6.62. The van der Waals surface area contributed by atoms with Gasteiger partial charge in [0, 0.05) is 56.6 Å². The van der Waals surface area contributed by atoms with Crippen molar-refractivity contribution in [2.24, 2.45) is 0 Å². The number of hydrogen-bond acceptors (Lipinski definition) is 6. The third-order valence-corrected chi connectivity index (χ3v) is 6.01. The highest BCUT2D eigenvalue weighted by molar-refractivity contribution is 5.83. The first-order valence-corrected chi connectivity index (χ1v) is 11.3. The van der Waals surface area contributed by atoms with Crippen LogP contribution in [-0.4, -0.2) is 52.8 Å². The fourth-order valence-electron chi connectivity index (χ4n) is 4.34. The number of nitrogens with one attached hydrogen (secondary N) is 1. The van der Waals surface area contributed by atoms with Crippen LogP contribution in [0.2, 0.25) is 0 Å². The first-order valence-electron chi connectivity index (χ1n) is 11.3. The molecule has 4 heterocycles. The Morgan fingerprint density at radius 1 is 1.09 bits per heavy atom. The van der Waals surface area contributed by atoms with Gasteiger partial charge in [0.2, 0.25) is 0 Å². The smallest absolute Gasteiger partial charge is 0.130 e. The van der Waals surface area contributed by atoms with Crippen molar-refractivity contribution in [2.45, 2.75) is 19.2 Å². The highest BCUT2D eigenvalue weighted by Crippen LogP contribution is 2.27. The second-order valence-corrected chi connectivity index (χ2v) is 8.26. The monoisotopic (exact) mass is 443 g/mol. The third kappa shape index (κ3) is 5.06. The van der Waals surface area contributed by atoms with Gasteiger partial charge in [-0.1, -0.05) is 24.3 Å². The largest absolute Gasteiger partial charge is 0.383 e. The lowest BCUT2D eigenvalue weighted by Gasteiger charge is -2.32. The van der Waals surface area contributed by atoms with Crippen LogP contribution in [0.3, 0.4) is 0 Å². The number of morpholine rings is 1. The van der Waals surface area contributed by atoms with E-state index in [0.29, 0.717) is 13.2 Å². The number of methoxy groups -OCH3 is 1. The molecule has 0 radical (unpaired) electrons. The fraction of sp³-hybridized carbons (Fsp3) is 0.308. The molecule has 0 amide bonds. The number of fused-ring (bicyclic) bond motifs is 1. The van der Waals surface area contributed by atoms with Crippen molar-refractivity contribution in [2.75, 3.05) is 38.7 Å². The topological polar surface area (TPSA) is 64.4 Å². The maximum Gasteiger partial charge on any atom is 0.130 e. The molecule has 1 saturated heterocycles. The average Bonchev–Trinajstić information content (AvgIpc) is 3.21. The van der Waals surface area contributed by atoms with Gasteiger partial charge >= 0.3 is 0 Å². The summed E-state index contributed by atoms with van der Waals surface area (Å²) in [6.07, 6.45) is 5.84. The van der Waals surface area contributed by atoms with Crippen molar-refractivity contribution in [3.05, 3.63) is 84.4 Å². The minimum atomic E-state index is -0.0375. The number of anilines is 2. The Balaban J connectivity index is 1.27. The molecular weight excluding hydrogens is 414 g/mol. The van der Waals surface area contributed by atoms with E-state index in [4.69, 9.17) is 9.47 Å². The number of ether oxygens (including phenoxy) is 2.